The van der Waals surface area contributed by atoms with Gasteiger partial charge in [-0.3, -0.25) is 4.98 Å². The van der Waals surface area contributed by atoms with E-state index in [4.69, 9.17) is 0 Å². The summed E-state index contributed by atoms with van der Waals surface area (Å²) in [4.78, 5) is 23.5. The first-order valence-corrected chi connectivity index (χ1v) is 3.61. The second-order valence-electron chi connectivity index (χ2n) is 2.59. The van der Waals surface area contributed by atoms with Gasteiger partial charge in [-0.05, 0) is 12.1 Å². The third-order valence-corrected chi connectivity index (χ3v) is 1.73. The zero-order valence-electron chi connectivity index (χ0n) is 6.64. The van der Waals surface area contributed by atoms with Crippen LogP contribution in [0.1, 0.15) is 0 Å². The number of hydrogen-bond acceptors (Lipinski definition) is 3. The van der Waals surface area contributed by atoms with Gasteiger partial charge < -0.3 is 4.42 Å². The van der Waals surface area contributed by atoms with Crippen LogP contribution in [-0.2, 0) is 0 Å². The smallest absolute Gasteiger partial charge is 0.372 e. The summed E-state index contributed by atoms with van der Waals surface area (Å²) in [6, 6.07) is 1.82. The summed E-state index contributed by atoms with van der Waals surface area (Å²) >= 11 is 0. The Kier molecular flexibility index (Phi) is 1.70. The second-order valence-corrected chi connectivity index (χ2v) is 2.59. The quantitative estimate of drug-likeness (QED) is 0.681. The van der Waals surface area contributed by atoms with Crippen molar-refractivity contribution in [2.45, 2.75) is 0 Å². The molecule has 0 aliphatic carbocycles. The van der Waals surface area contributed by atoms with Crippen LogP contribution in [0.25, 0.3) is 10.9 Å². The molecule has 0 unspecified atom stereocenters. The van der Waals surface area contributed by atoms with Crippen molar-refractivity contribution in [1.29, 1.82) is 0 Å². The monoisotopic (exact) mass is 199 g/mol. The lowest BCUT2D eigenvalue weighted by atomic mass is 10.2. The Morgan fingerprint density at radius 2 is 1.93 bits per heavy atom. The van der Waals surface area contributed by atoms with E-state index in [1.54, 1.807) is 0 Å². The molecule has 6 heteroatoms. The van der Waals surface area contributed by atoms with E-state index in [1.165, 1.54) is 0 Å². The van der Waals surface area contributed by atoms with Crippen molar-refractivity contribution in [3.8, 4) is 0 Å². The first kappa shape index (κ1) is 8.61. The Labute approximate surface area is 74.8 Å². The van der Waals surface area contributed by atoms with Crippen molar-refractivity contribution in [2.24, 2.45) is 0 Å². The Morgan fingerprint density at radius 1 is 1.21 bits per heavy atom. The fourth-order valence-electron chi connectivity index (χ4n) is 1.11. The maximum Gasteiger partial charge on any atom is 0.419 e. The number of nitrogens with one attached hydrogen (secondary N) is 1. The fraction of sp³-hybridized carbons (Fsp3) is 0. The van der Waals surface area contributed by atoms with E-state index in [0.717, 1.165) is 12.1 Å². The SMILES string of the molecule is O=c1[nH]c2c(F)c(F)ccc2c(=O)o1. The van der Waals surface area contributed by atoms with Gasteiger partial charge in [0.05, 0.1) is 10.9 Å². The number of hydrogen-bond donors (Lipinski definition) is 1. The van der Waals surface area contributed by atoms with Crippen molar-refractivity contribution in [1.82, 2.24) is 4.98 Å². The van der Waals surface area contributed by atoms with Crippen LogP contribution < -0.4 is 11.4 Å². The van der Waals surface area contributed by atoms with E-state index < -0.39 is 28.5 Å². The zero-order valence-corrected chi connectivity index (χ0v) is 6.64. The number of fused-ring (bicyclic) bond motifs is 1. The predicted octanol–water partition coefficient (Wildman–Crippen LogP) is 0.760. The minimum Gasteiger partial charge on any atom is -0.372 e. The van der Waals surface area contributed by atoms with E-state index in [-0.39, 0.29) is 5.39 Å². The first-order chi connectivity index (χ1) is 6.59. The number of benzene rings is 1. The number of rotatable bonds is 0. The highest BCUT2D eigenvalue weighted by atomic mass is 19.2. The lowest BCUT2D eigenvalue weighted by molar-refractivity contribution is 0.455. The van der Waals surface area contributed by atoms with Crippen LogP contribution in [0.2, 0.25) is 0 Å². The highest BCUT2D eigenvalue weighted by Gasteiger charge is 2.11. The summed E-state index contributed by atoms with van der Waals surface area (Å²) < 4.78 is 29.8. The van der Waals surface area contributed by atoms with Crippen molar-refractivity contribution in [3.05, 3.63) is 44.7 Å². The molecule has 2 rings (SSSR count). The topological polar surface area (TPSA) is 63.1 Å². The van der Waals surface area contributed by atoms with Gasteiger partial charge in [0.2, 0.25) is 0 Å². The summed E-state index contributed by atoms with van der Waals surface area (Å²) in [5, 5.41) is -0.205. The number of aromatic nitrogens is 1. The molecule has 0 aliphatic heterocycles. The Bertz CT molecular complexity index is 614. The highest BCUT2D eigenvalue weighted by Crippen LogP contribution is 2.13. The summed E-state index contributed by atoms with van der Waals surface area (Å²) in [6.45, 7) is 0. The lowest BCUT2D eigenvalue weighted by Crippen LogP contribution is -2.15. The van der Waals surface area contributed by atoms with Crippen LogP contribution in [0.5, 0.6) is 0 Å². The molecule has 0 bridgehead atoms. The van der Waals surface area contributed by atoms with Gasteiger partial charge in [-0.15, -0.1) is 0 Å². The molecule has 2 aromatic rings. The van der Waals surface area contributed by atoms with Gasteiger partial charge in [0.15, 0.2) is 11.6 Å². The predicted molar refractivity (Wildman–Crippen MR) is 43.0 cm³/mol. The van der Waals surface area contributed by atoms with Crippen LogP contribution in [0.3, 0.4) is 0 Å². The van der Waals surface area contributed by atoms with E-state index in [0.29, 0.717) is 0 Å². The number of H-pyrrole nitrogens is 1. The average molecular weight is 199 g/mol. The minimum absolute atomic E-state index is 0.205. The van der Waals surface area contributed by atoms with Gasteiger partial charge in [0.25, 0.3) is 0 Å². The molecule has 14 heavy (non-hydrogen) atoms. The average Bonchev–Trinajstić information content (AvgIpc) is 2.12. The molecule has 0 atom stereocenters. The van der Waals surface area contributed by atoms with E-state index in [9.17, 15) is 18.4 Å². The third-order valence-electron chi connectivity index (χ3n) is 1.73. The highest BCUT2D eigenvalue weighted by molar-refractivity contribution is 5.77. The summed E-state index contributed by atoms with van der Waals surface area (Å²) in [6.07, 6.45) is 0. The molecule has 0 saturated heterocycles. The molecule has 0 saturated carbocycles. The molecule has 0 spiro atoms. The maximum atomic E-state index is 13.0. The largest absolute Gasteiger partial charge is 0.419 e. The molecule has 1 aromatic carbocycles. The zero-order chi connectivity index (χ0) is 10.3. The van der Waals surface area contributed by atoms with Gasteiger partial charge in [-0.1, -0.05) is 0 Å². The fourth-order valence-corrected chi connectivity index (χ4v) is 1.11. The Morgan fingerprint density at radius 3 is 2.64 bits per heavy atom. The normalized spacial score (nSPS) is 10.7. The molecule has 0 fully saturated rings. The van der Waals surface area contributed by atoms with Crippen LogP contribution in [0, 0.1) is 11.6 Å². The van der Waals surface area contributed by atoms with E-state index in [1.807, 2.05) is 4.98 Å². The molecule has 72 valence electrons. The molecule has 4 nitrogen and oxygen atoms in total. The van der Waals surface area contributed by atoms with Crippen molar-refractivity contribution in [2.75, 3.05) is 0 Å². The molecule has 1 heterocycles. The van der Waals surface area contributed by atoms with E-state index >= 15 is 0 Å². The van der Waals surface area contributed by atoms with Gasteiger partial charge >= 0.3 is 11.4 Å². The Hall–Kier alpha value is -1.98. The van der Waals surface area contributed by atoms with Gasteiger partial charge in [-0.25, -0.2) is 18.4 Å². The van der Waals surface area contributed by atoms with Gasteiger partial charge in [0, 0.05) is 0 Å². The van der Waals surface area contributed by atoms with Crippen molar-refractivity contribution < 1.29 is 13.2 Å². The lowest BCUT2D eigenvalue weighted by Gasteiger charge is -1.97. The minimum atomic E-state index is -1.27. The summed E-state index contributed by atoms with van der Waals surface area (Å²) in [7, 11) is 0. The molecule has 0 amide bonds. The molecule has 0 aliphatic rings. The van der Waals surface area contributed by atoms with Crippen LogP contribution in [0.15, 0.2) is 26.1 Å². The van der Waals surface area contributed by atoms with Gasteiger partial charge in [0.1, 0.15) is 0 Å². The van der Waals surface area contributed by atoms with Crippen LogP contribution in [0.4, 0.5) is 8.78 Å². The first-order valence-electron chi connectivity index (χ1n) is 3.61. The third kappa shape index (κ3) is 1.12. The molecular formula is C8H3F2NO3. The molecular weight excluding hydrogens is 196 g/mol. The second kappa shape index (κ2) is 2.76. The Balaban J connectivity index is 3.10. The number of halogens is 2. The van der Waals surface area contributed by atoms with Gasteiger partial charge in [-0.2, -0.15) is 0 Å². The summed E-state index contributed by atoms with van der Waals surface area (Å²) in [5.41, 5.74) is -1.48. The number of aromatic amines is 1. The van der Waals surface area contributed by atoms with Crippen molar-refractivity contribution in [3.63, 3.8) is 0 Å². The molecule has 0 radical (unpaired) electrons. The molecule has 1 N–H and O–H groups in total. The van der Waals surface area contributed by atoms with Crippen molar-refractivity contribution >= 4 is 10.9 Å². The van der Waals surface area contributed by atoms with Crippen LogP contribution in [-0.4, -0.2) is 4.98 Å². The standard InChI is InChI=1S/C8H3F2NO3/c9-4-2-1-3-6(5(4)10)11-8(13)14-7(3)12/h1-2H,(H,11,13). The van der Waals surface area contributed by atoms with E-state index in [2.05, 4.69) is 4.42 Å². The summed E-state index contributed by atoms with van der Waals surface area (Å²) in [5.74, 6) is -3.53. The molecule has 1 aromatic heterocycles. The van der Waals surface area contributed by atoms with Crippen LogP contribution >= 0.6 is 0 Å². The maximum absolute atomic E-state index is 13.0.